The predicted octanol–water partition coefficient (Wildman–Crippen LogP) is 9.48. The molecule has 1 fully saturated rings. The minimum absolute atomic E-state index is 0.00598. The predicted molar refractivity (Wildman–Crippen MR) is 267 cm³/mol. The van der Waals surface area contributed by atoms with Crippen molar-refractivity contribution >= 4 is 68.9 Å². The molecule has 4 aromatic carbocycles. The summed E-state index contributed by atoms with van der Waals surface area (Å²) in [6, 6.07) is 31.7. The van der Waals surface area contributed by atoms with E-state index in [1.54, 1.807) is 58.9 Å². The first-order valence-electron chi connectivity index (χ1n) is 22.3. The Hall–Kier alpha value is -7.23. The average molecular weight is 948 g/mol. The van der Waals surface area contributed by atoms with Gasteiger partial charge in [-0.2, -0.15) is 5.10 Å². The number of H-pyrrole nitrogens is 1. The van der Waals surface area contributed by atoms with E-state index in [4.69, 9.17) is 11.6 Å². The molecule has 10 rings (SSSR count). The number of rotatable bonds is 9. The fourth-order valence-corrected chi connectivity index (χ4v) is 9.65. The van der Waals surface area contributed by atoms with Gasteiger partial charge in [0.15, 0.2) is 11.6 Å². The zero-order valence-corrected chi connectivity index (χ0v) is 38.9. The molecule has 2 N–H and O–H groups in total. The number of likely N-dealkylation sites (tertiary alicyclic amines) is 1. The Morgan fingerprint density at radius 2 is 1.25 bits per heavy atom. The van der Waals surface area contributed by atoms with Crippen LogP contribution in [0.25, 0.3) is 56.1 Å². The van der Waals surface area contributed by atoms with E-state index in [1.807, 2.05) is 53.6 Å². The van der Waals surface area contributed by atoms with Crippen LogP contribution in [0.1, 0.15) is 30.4 Å². The van der Waals surface area contributed by atoms with Gasteiger partial charge in [-0.3, -0.25) is 14.7 Å². The van der Waals surface area contributed by atoms with E-state index in [-0.39, 0.29) is 29.5 Å². The summed E-state index contributed by atoms with van der Waals surface area (Å²) in [6.45, 7) is 3.34. The minimum Gasteiger partial charge on any atom is -0.338 e. The number of carbonyl (C=O) groups is 3. The number of nitrogens with one attached hydrogen (secondary N) is 2. The molecule has 0 unspecified atom stereocenters. The molecule has 0 radical (unpaired) electrons. The van der Waals surface area contributed by atoms with Gasteiger partial charge >= 0.3 is 6.03 Å². The number of anilines is 1. The number of aromatic nitrogens is 6. The molecule has 3 aliphatic rings. The number of alkyl halides is 1. The zero-order valence-electron chi connectivity index (χ0n) is 37.3. The normalized spacial score (nSPS) is 17.0. The highest BCUT2D eigenvalue weighted by molar-refractivity contribution is 8.00. The third-order valence-corrected chi connectivity index (χ3v) is 14.1. The lowest BCUT2D eigenvalue weighted by molar-refractivity contribution is -0.128. The Morgan fingerprint density at radius 1 is 0.706 bits per heavy atom. The van der Waals surface area contributed by atoms with E-state index in [9.17, 15) is 18.8 Å². The number of fused-ring (bicyclic) bond motifs is 1. The van der Waals surface area contributed by atoms with Crippen molar-refractivity contribution in [3.8, 4) is 34.0 Å². The van der Waals surface area contributed by atoms with Gasteiger partial charge in [-0.25, -0.2) is 29.1 Å². The standard InChI is InChI=1S/C35H32FN7O2S.C17H16ClN3O/c1-46-35(33(44)39-28-11-12-30-29(21-28)31(41-40-30)25-7-9-27(36)10-8-25)15-20-43(22-35)34(45)42-18-13-24(14-19-42)23-3-5-26(6-4-23)32-37-16-2-17-38-32;18-12-16(22)21-10-6-14(7-11-21)13-2-4-15(5-3-13)17-19-8-1-9-20-17/h2-13,16-17,21H,14-15,18-20,22H2,1H3,(H,39,44)(H,40,41);1-6,8-9H,7,10-12H2/t35-;/m0./s1. The molecule has 1 saturated heterocycles. The molecule has 16 heteroatoms. The molecule has 6 heterocycles. The summed E-state index contributed by atoms with van der Waals surface area (Å²) >= 11 is 7.07. The SMILES string of the molecule is CS[C@@]1(C(=O)Nc2ccc3[nH]nc(-c4ccc(F)cc4)c3c2)CCN(C(=O)N2CC=C(c3ccc(-c4ncccn4)cc3)CC2)C1.O=C(CCl)N1CC=C(c2ccc(-c3ncccn3)cc2)CC1. The van der Waals surface area contributed by atoms with Crippen LogP contribution in [0, 0.1) is 5.82 Å². The highest BCUT2D eigenvalue weighted by atomic mass is 35.5. The van der Waals surface area contributed by atoms with Crippen molar-refractivity contribution in [2.24, 2.45) is 0 Å². The number of halogens is 2. The van der Waals surface area contributed by atoms with Crippen LogP contribution < -0.4 is 5.32 Å². The Labute approximate surface area is 402 Å². The number of benzene rings is 4. The fraction of sp³-hybridized carbons (Fsp3) is 0.231. The molecule has 3 aromatic heterocycles. The summed E-state index contributed by atoms with van der Waals surface area (Å²) in [6.07, 6.45) is 15.2. The van der Waals surface area contributed by atoms with Gasteiger partial charge < -0.3 is 20.0 Å². The lowest BCUT2D eigenvalue weighted by Crippen LogP contribution is -2.47. The van der Waals surface area contributed by atoms with Crippen molar-refractivity contribution in [1.82, 2.24) is 44.8 Å². The van der Waals surface area contributed by atoms with Crippen LogP contribution in [0.5, 0.6) is 0 Å². The molecule has 0 spiro atoms. The van der Waals surface area contributed by atoms with E-state index in [1.165, 1.54) is 40.6 Å². The van der Waals surface area contributed by atoms with Crippen molar-refractivity contribution in [3.63, 3.8) is 0 Å². The summed E-state index contributed by atoms with van der Waals surface area (Å²) in [5, 5.41) is 11.3. The fourth-order valence-electron chi connectivity index (χ4n) is 8.66. The summed E-state index contributed by atoms with van der Waals surface area (Å²) in [7, 11) is 0. The van der Waals surface area contributed by atoms with Crippen LogP contribution in [0.15, 0.2) is 140 Å². The van der Waals surface area contributed by atoms with E-state index in [0.29, 0.717) is 56.4 Å². The number of hydrogen-bond acceptors (Lipinski definition) is 9. The summed E-state index contributed by atoms with van der Waals surface area (Å²) in [5.41, 5.74) is 9.65. The lowest BCUT2D eigenvalue weighted by Gasteiger charge is -2.32. The van der Waals surface area contributed by atoms with E-state index in [2.05, 4.69) is 71.9 Å². The van der Waals surface area contributed by atoms with Crippen molar-refractivity contribution in [2.45, 2.75) is 24.0 Å². The van der Waals surface area contributed by atoms with Gasteiger partial charge in [0.1, 0.15) is 16.4 Å². The quantitative estimate of drug-likeness (QED) is 0.135. The molecule has 68 heavy (non-hydrogen) atoms. The van der Waals surface area contributed by atoms with Gasteiger partial charge in [-0.1, -0.05) is 60.7 Å². The first-order chi connectivity index (χ1) is 33.2. The van der Waals surface area contributed by atoms with E-state index in [0.717, 1.165) is 58.4 Å². The van der Waals surface area contributed by atoms with Crippen LogP contribution in [-0.4, -0.2) is 119 Å². The van der Waals surface area contributed by atoms with Crippen LogP contribution in [0.4, 0.5) is 14.9 Å². The van der Waals surface area contributed by atoms with Crippen LogP contribution in [0.3, 0.4) is 0 Å². The second-order valence-corrected chi connectivity index (χ2v) is 18.1. The molecule has 3 aliphatic heterocycles. The molecular formula is C52H48ClFN10O3S. The van der Waals surface area contributed by atoms with Gasteiger partial charge in [0.2, 0.25) is 11.8 Å². The Kier molecular flexibility index (Phi) is 14.0. The zero-order chi connectivity index (χ0) is 47.0. The van der Waals surface area contributed by atoms with Crippen LogP contribution in [-0.2, 0) is 9.59 Å². The molecule has 0 aliphatic carbocycles. The largest absolute Gasteiger partial charge is 0.338 e. The molecule has 0 bridgehead atoms. The number of nitrogens with zero attached hydrogens (tertiary/aromatic N) is 8. The first kappa shape index (κ1) is 45.9. The molecule has 4 amide bonds. The Morgan fingerprint density at radius 3 is 1.78 bits per heavy atom. The second-order valence-electron chi connectivity index (χ2n) is 16.6. The van der Waals surface area contributed by atoms with Crippen LogP contribution >= 0.6 is 23.4 Å². The maximum Gasteiger partial charge on any atom is 0.320 e. The van der Waals surface area contributed by atoms with Crippen molar-refractivity contribution in [1.29, 1.82) is 0 Å². The van der Waals surface area contributed by atoms with Crippen molar-refractivity contribution in [2.75, 3.05) is 56.7 Å². The van der Waals surface area contributed by atoms with Gasteiger partial charge in [0.25, 0.3) is 0 Å². The van der Waals surface area contributed by atoms with Crippen LogP contribution in [0.2, 0.25) is 0 Å². The Balaban J connectivity index is 0.000000219. The van der Waals surface area contributed by atoms with Crippen molar-refractivity contribution < 1.29 is 18.8 Å². The Bertz CT molecular complexity index is 2970. The molecular weight excluding hydrogens is 899 g/mol. The summed E-state index contributed by atoms with van der Waals surface area (Å²) < 4.78 is 12.7. The van der Waals surface area contributed by atoms with E-state index >= 15 is 0 Å². The number of urea groups is 1. The summed E-state index contributed by atoms with van der Waals surface area (Å²) in [5.74, 6) is 1.02. The molecule has 7 aromatic rings. The molecule has 0 saturated carbocycles. The number of hydrogen-bond donors (Lipinski definition) is 2. The lowest BCUT2D eigenvalue weighted by atomic mass is 9.98. The first-order valence-corrected chi connectivity index (χ1v) is 24.1. The summed E-state index contributed by atoms with van der Waals surface area (Å²) in [4.78, 5) is 61.4. The molecule has 13 nitrogen and oxygen atoms in total. The van der Waals surface area contributed by atoms with Gasteiger partial charge in [-0.15, -0.1) is 23.4 Å². The van der Waals surface area contributed by atoms with Gasteiger partial charge in [0.05, 0.1) is 11.2 Å². The van der Waals surface area contributed by atoms with Gasteiger partial charge in [0, 0.05) is 91.8 Å². The smallest absolute Gasteiger partial charge is 0.320 e. The van der Waals surface area contributed by atoms with Gasteiger partial charge in [-0.05, 0) is 102 Å². The second kappa shape index (κ2) is 20.7. The minimum atomic E-state index is -0.762. The maximum atomic E-state index is 13.7. The number of amides is 4. The molecule has 344 valence electrons. The molecule has 1 atom stereocenters. The van der Waals surface area contributed by atoms with E-state index < -0.39 is 4.75 Å². The number of carbonyl (C=O) groups excluding carboxylic acids is 3. The average Bonchev–Trinajstić information content (AvgIpc) is 4.05. The third kappa shape index (κ3) is 10.2. The topological polar surface area (TPSA) is 153 Å². The highest BCUT2D eigenvalue weighted by Gasteiger charge is 2.46. The van der Waals surface area contributed by atoms with Crippen molar-refractivity contribution in [3.05, 3.63) is 157 Å². The maximum absolute atomic E-state index is 13.7. The third-order valence-electron chi connectivity index (χ3n) is 12.6. The number of thioether (sulfide) groups is 1. The highest BCUT2D eigenvalue weighted by Crippen LogP contribution is 2.37. The number of aromatic amines is 1. The monoisotopic (exact) mass is 946 g/mol.